The molecule has 3 N–H and O–H groups in total. The van der Waals surface area contributed by atoms with Gasteiger partial charge in [0, 0.05) is 24.7 Å². The average molecular weight is 343 g/mol. The third kappa shape index (κ3) is 3.71. The standard InChI is InChI=1S/C18H18FN3O3/c1-20-17(23)13-10-11(6-7-14(13)19)21-18(24)22-15-8-9-25-16-5-3-2-4-12(15)16/h2-7,10,15H,8-9H2,1H3,(H,20,23)(H2,21,22,24). The first-order valence-corrected chi connectivity index (χ1v) is 7.89. The molecule has 0 saturated carbocycles. The summed E-state index contributed by atoms with van der Waals surface area (Å²) in [6.45, 7) is 0.513. The van der Waals surface area contributed by atoms with E-state index in [2.05, 4.69) is 16.0 Å². The number of carbonyl (C=O) groups is 2. The molecule has 0 fully saturated rings. The highest BCUT2D eigenvalue weighted by Gasteiger charge is 2.22. The van der Waals surface area contributed by atoms with Gasteiger partial charge in [-0.25, -0.2) is 9.18 Å². The maximum absolute atomic E-state index is 13.7. The monoisotopic (exact) mass is 343 g/mol. The molecule has 1 aliphatic rings. The topological polar surface area (TPSA) is 79.5 Å². The van der Waals surface area contributed by atoms with Crippen LogP contribution in [0.4, 0.5) is 14.9 Å². The molecule has 7 heteroatoms. The van der Waals surface area contributed by atoms with Crippen molar-refractivity contribution < 1.29 is 18.7 Å². The third-order valence-corrected chi connectivity index (χ3v) is 3.96. The predicted octanol–water partition coefficient (Wildman–Crippen LogP) is 2.83. The average Bonchev–Trinajstić information content (AvgIpc) is 2.63. The van der Waals surface area contributed by atoms with Gasteiger partial charge in [0.1, 0.15) is 11.6 Å². The highest BCUT2D eigenvalue weighted by molar-refractivity contribution is 5.97. The molecule has 1 aliphatic heterocycles. The fraction of sp³-hybridized carbons (Fsp3) is 0.222. The number of amides is 3. The summed E-state index contributed by atoms with van der Waals surface area (Å²) < 4.78 is 19.2. The number of fused-ring (bicyclic) bond motifs is 1. The molecule has 0 saturated heterocycles. The molecule has 0 bridgehead atoms. The summed E-state index contributed by atoms with van der Waals surface area (Å²) in [5.41, 5.74) is 1.11. The zero-order valence-corrected chi connectivity index (χ0v) is 13.6. The van der Waals surface area contributed by atoms with Gasteiger partial charge in [0.25, 0.3) is 5.91 Å². The van der Waals surface area contributed by atoms with Crippen molar-refractivity contribution in [2.75, 3.05) is 19.0 Å². The van der Waals surface area contributed by atoms with Gasteiger partial charge in [0.2, 0.25) is 0 Å². The summed E-state index contributed by atoms with van der Waals surface area (Å²) in [7, 11) is 1.41. The number of para-hydroxylation sites is 1. The largest absolute Gasteiger partial charge is 0.493 e. The molecule has 0 spiro atoms. The van der Waals surface area contributed by atoms with Gasteiger partial charge in [-0.05, 0) is 24.3 Å². The van der Waals surface area contributed by atoms with E-state index in [1.807, 2.05) is 24.3 Å². The quantitative estimate of drug-likeness (QED) is 0.802. The van der Waals surface area contributed by atoms with Gasteiger partial charge in [-0.1, -0.05) is 18.2 Å². The summed E-state index contributed by atoms with van der Waals surface area (Å²) in [5.74, 6) is -0.452. The van der Waals surface area contributed by atoms with E-state index in [-0.39, 0.29) is 11.6 Å². The molecule has 25 heavy (non-hydrogen) atoms. The summed E-state index contributed by atoms with van der Waals surface area (Å²) >= 11 is 0. The van der Waals surface area contributed by atoms with Crippen molar-refractivity contribution in [1.29, 1.82) is 0 Å². The number of carbonyl (C=O) groups excluding carboxylic acids is 2. The van der Waals surface area contributed by atoms with Crippen LogP contribution in [0.25, 0.3) is 0 Å². The minimum atomic E-state index is -0.649. The fourth-order valence-corrected chi connectivity index (χ4v) is 2.73. The van der Waals surface area contributed by atoms with Crippen LogP contribution in [-0.2, 0) is 0 Å². The molecule has 0 aliphatic carbocycles. The summed E-state index contributed by atoms with van der Waals surface area (Å²) in [6, 6.07) is 10.8. The minimum absolute atomic E-state index is 0.128. The van der Waals surface area contributed by atoms with Crippen LogP contribution in [-0.4, -0.2) is 25.6 Å². The second-order valence-corrected chi connectivity index (χ2v) is 5.60. The minimum Gasteiger partial charge on any atom is -0.493 e. The second kappa shape index (κ2) is 7.21. The zero-order valence-electron chi connectivity index (χ0n) is 13.6. The normalized spacial score (nSPS) is 15.5. The van der Waals surface area contributed by atoms with Crippen LogP contribution in [0.15, 0.2) is 42.5 Å². The lowest BCUT2D eigenvalue weighted by molar-refractivity contribution is 0.0959. The molecule has 1 unspecified atom stereocenters. The Bertz CT molecular complexity index is 810. The maximum atomic E-state index is 13.7. The first kappa shape index (κ1) is 16.8. The third-order valence-electron chi connectivity index (χ3n) is 3.96. The molecule has 1 atom stereocenters. The van der Waals surface area contributed by atoms with E-state index in [1.54, 1.807) is 0 Å². The Morgan fingerprint density at radius 3 is 2.80 bits per heavy atom. The first-order chi connectivity index (χ1) is 12.1. The number of ether oxygens (including phenoxy) is 1. The van der Waals surface area contributed by atoms with E-state index in [0.29, 0.717) is 18.7 Å². The predicted molar refractivity (Wildman–Crippen MR) is 91.2 cm³/mol. The molecule has 1 heterocycles. The Morgan fingerprint density at radius 1 is 1.20 bits per heavy atom. The van der Waals surface area contributed by atoms with E-state index >= 15 is 0 Å². The van der Waals surface area contributed by atoms with Crippen LogP contribution >= 0.6 is 0 Å². The smallest absolute Gasteiger partial charge is 0.319 e. The van der Waals surface area contributed by atoms with Crippen LogP contribution in [0.2, 0.25) is 0 Å². The van der Waals surface area contributed by atoms with Gasteiger partial charge in [-0.3, -0.25) is 4.79 Å². The number of nitrogens with one attached hydrogen (secondary N) is 3. The number of hydrogen-bond donors (Lipinski definition) is 3. The number of urea groups is 1. The van der Waals surface area contributed by atoms with Crippen molar-refractivity contribution in [2.24, 2.45) is 0 Å². The molecular formula is C18H18FN3O3. The summed E-state index contributed by atoms with van der Waals surface area (Å²) in [4.78, 5) is 23.9. The van der Waals surface area contributed by atoms with E-state index in [4.69, 9.17) is 4.74 Å². The maximum Gasteiger partial charge on any atom is 0.319 e. The molecule has 0 radical (unpaired) electrons. The Hall–Kier alpha value is -3.09. The molecule has 6 nitrogen and oxygen atoms in total. The van der Waals surface area contributed by atoms with Crippen LogP contribution in [0.1, 0.15) is 28.4 Å². The van der Waals surface area contributed by atoms with Gasteiger partial charge in [-0.15, -0.1) is 0 Å². The van der Waals surface area contributed by atoms with Crippen LogP contribution in [0.3, 0.4) is 0 Å². The number of anilines is 1. The number of rotatable bonds is 3. The molecular weight excluding hydrogens is 325 g/mol. The van der Waals surface area contributed by atoms with Gasteiger partial charge in [0.05, 0.1) is 18.2 Å². The van der Waals surface area contributed by atoms with Crippen LogP contribution in [0.5, 0.6) is 5.75 Å². The lowest BCUT2D eigenvalue weighted by Gasteiger charge is -2.26. The lowest BCUT2D eigenvalue weighted by atomic mass is 10.0. The highest BCUT2D eigenvalue weighted by atomic mass is 19.1. The molecule has 3 amide bonds. The van der Waals surface area contributed by atoms with E-state index in [1.165, 1.54) is 19.2 Å². The number of benzene rings is 2. The van der Waals surface area contributed by atoms with Gasteiger partial charge in [0.15, 0.2) is 0 Å². The van der Waals surface area contributed by atoms with E-state index in [9.17, 15) is 14.0 Å². The van der Waals surface area contributed by atoms with Crippen molar-refractivity contribution in [3.8, 4) is 5.75 Å². The number of halogens is 1. The van der Waals surface area contributed by atoms with Crippen LogP contribution in [0, 0.1) is 5.82 Å². The Kier molecular flexibility index (Phi) is 4.83. The second-order valence-electron chi connectivity index (χ2n) is 5.60. The van der Waals surface area contributed by atoms with Crippen molar-refractivity contribution in [3.63, 3.8) is 0 Å². The molecule has 130 valence electrons. The van der Waals surface area contributed by atoms with Gasteiger partial charge < -0.3 is 20.7 Å². The lowest BCUT2D eigenvalue weighted by Crippen LogP contribution is -2.35. The van der Waals surface area contributed by atoms with Crippen molar-refractivity contribution in [2.45, 2.75) is 12.5 Å². The highest BCUT2D eigenvalue weighted by Crippen LogP contribution is 2.31. The summed E-state index contributed by atoms with van der Waals surface area (Å²) in [5, 5.41) is 7.86. The molecule has 0 aromatic heterocycles. The zero-order chi connectivity index (χ0) is 17.8. The van der Waals surface area contributed by atoms with Crippen molar-refractivity contribution in [3.05, 3.63) is 59.4 Å². The SMILES string of the molecule is CNC(=O)c1cc(NC(=O)NC2CCOc3ccccc32)ccc1F. The summed E-state index contributed by atoms with van der Waals surface area (Å²) in [6.07, 6.45) is 0.650. The number of hydrogen-bond acceptors (Lipinski definition) is 3. The van der Waals surface area contributed by atoms with E-state index in [0.717, 1.165) is 17.4 Å². The van der Waals surface area contributed by atoms with Gasteiger partial charge in [-0.2, -0.15) is 0 Å². The first-order valence-electron chi connectivity index (χ1n) is 7.89. The molecule has 2 aromatic carbocycles. The van der Waals surface area contributed by atoms with Gasteiger partial charge >= 0.3 is 6.03 Å². The Balaban J connectivity index is 1.71. The van der Waals surface area contributed by atoms with Crippen molar-refractivity contribution in [1.82, 2.24) is 10.6 Å². The Morgan fingerprint density at radius 2 is 2.00 bits per heavy atom. The van der Waals surface area contributed by atoms with Crippen LogP contribution < -0.4 is 20.7 Å². The molecule has 2 aromatic rings. The Labute approximate surface area is 144 Å². The fourth-order valence-electron chi connectivity index (χ4n) is 2.73. The molecule has 3 rings (SSSR count). The van der Waals surface area contributed by atoms with Crippen molar-refractivity contribution >= 4 is 17.6 Å². The van der Waals surface area contributed by atoms with E-state index < -0.39 is 17.8 Å².